The Bertz CT molecular complexity index is 627. The monoisotopic (exact) mass is 346 g/mol. The number of pyridine rings is 1. The summed E-state index contributed by atoms with van der Waals surface area (Å²) >= 11 is 1.85. The van der Waals surface area contributed by atoms with Crippen molar-refractivity contribution < 1.29 is 4.74 Å². The number of ether oxygens (including phenoxy) is 1. The van der Waals surface area contributed by atoms with E-state index in [-0.39, 0.29) is 0 Å². The van der Waals surface area contributed by atoms with Crippen molar-refractivity contribution >= 4 is 17.3 Å². The number of aryl methyl sites for hydroxylation is 1. The summed E-state index contributed by atoms with van der Waals surface area (Å²) in [5, 5.41) is 6.73. The van der Waals surface area contributed by atoms with E-state index in [0.29, 0.717) is 19.2 Å². The van der Waals surface area contributed by atoms with Crippen molar-refractivity contribution in [3.8, 4) is 5.75 Å². The summed E-state index contributed by atoms with van der Waals surface area (Å²) in [5.74, 6) is 1.60. The number of thiophene rings is 1. The van der Waals surface area contributed by atoms with Crippen molar-refractivity contribution in [2.75, 3.05) is 19.7 Å². The smallest absolute Gasteiger partial charge is 0.191 e. The van der Waals surface area contributed by atoms with Crippen molar-refractivity contribution in [1.29, 1.82) is 0 Å². The Labute approximate surface area is 148 Å². The van der Waals surface area contributed by atoms with E-state index >= 15 is 0 Å². The van der Waals surface area contributed by atoms with E-state index < -0.39 is 0 Å². The van der Waals surface area contributed by atoms with Gasteiger partial charge in [0.15, 0.2) is 5.96 Å². The van der Waals surface area contributed by atoms with Gasteiger partial charge in [0, 0.05) is 35.0 Å². The molecule has 2 N–H and O–H groups in total. The van der Waals surface area contributed by atoms with E-state index in [2.05, 4.69) is 53.5 Å². The van der Waals surface area contributed by atoms with E-state index in [4.69, 9.17) is 4.74 Å². The van der Waals surface area contributed by atoms with Crippen LogP contribution >= 0.6 is 11.3 Å². The first-order chi connectivity index (χ1) is 11.7. The van der Waals surface area contributed by atoms with E-state index in [0.717, 1.165) is 24.7 Å². The molecule has 0 aliphatic heterocycles. The molecule has 0 saturated carbocycles. The third-order valence-corrected chi connectivity index (χ3v) is 4.32. The average molecular weight is 347 g/mol. The highest BCUT2D eigenvalue weighted by Gasteiger charge is 2.07. The Hall–Kier alpha value is -2.08. The lowest BCUT2D eigenvalue weighted by Gasteiger charge is -2.17. The molecular weight excluding hydrogens is 320 g/mol. The number of nitrogens with one attached hydrogen (secondary N) is 2. The summed E-state index contributed by atoms with van der Waals surface area (Å²) in [6.07, 6.45) is 4.43. The second-order valence-electron chi connectivity index (χ2n) is 5.56. The van der Waals surface area contributed by atoms with Crippen LogP contribution in [0.25, 0.3) is 0 Å². The third-order valence-electron chi connectivity index (χ3n) is 3.30. The maximum Gasteiger partial charge on any atom is 0.191 e. The molecule has 0 spiro atoms. The second-order valence-corrected chi connectivity index (χ2v) is 6.93. The molecule has 0 amide bonds. The zero-order chi connectivity index (χ0) is 17.2. The molecular formula is C18H26N4OS. The Balaban J connectivity index is 1.79. The maximum absolute atomic E-state index is 5.61. The minimum atomic E-state index is 0.320. The number of aromatic nitrogens is 1. The second kappa shape index (κ2) is 9.93. The normalized spacial score (nSPS) is 12.7. The largest absolute Gasteiger partial charge is 0.490 e. The van der Waals surface area contributed by atoms with Crippen LogP contribution < -0.4 is 15.4 Å². The van der Waals surface area contributed by atoms with Gasteiger partial charge in [0.1, 0.15) is 12.4 Å². The van der Waals surface area contributed by atoms with Crippen molar-refractivity contribution in [3.63, 3.8) is 0 Å². The first-order valence-electron chi connectivity index (χ1n) is 8.30. The number of hydrogen-bond acceptors (Lipinski definition) is 4. The molecule has 0 bridgehead atoms. The average Bonchev–Trinajstić information content (AvgIpc) is 2.97. The first kappa shape index (κ1) is 18.3. The van der Waals surface area contributed by atoms with Gasteiger partial charge in [-0.1, -0.05) is 0 Å². The molecule has 1 unspecified atom stereocenters. The summed E-state index contributed by atoms with van der Waals surface area (Å²) < 4.78 is 5.61. The summed E-state index contributed by atoms with van der Waals surface area (Å²) in [6, 6.07) is 8.44. The van der Waals surface area contributed by atoms with E-state index in [1.807, 2.05) is 23.5 Å². The number of rotatable bonds is 8. The fourth-order valence-corrected chi connectivity index (χ4v) is 3.27. The van der Waals surface area contributed by atoms with Crippen LogP contribution in [0.3, 0.4) is 0 Å². The molecule has 0 aromatic carbocycles. The van der Waals surface area contributed by atoms with Crippen molar-refractivity contribution in [1.82, 2.24) is 15.6 Å². The van der Waals surface area contributed by atoms with Gasteiger partial charge >= 0.3 is 0 Å². The van der Waals surface area contributed by atoms with Crippen LogP contribution in [0, 0.1) is 6.92 Å². The molecule has 2 heterocycles. The predicted octanol–water partition coefficient (Wildman–Crippen LogP) is 3.02. The van der Waals surface area contributed by atoms with Gasteiger partial charge in [-0.3, -0.25) is 4.98 Å². The highest BCUT2D eigenvalue weighted by molar-refractivity contribution is 7.11. The standard InChI is InChI=1S/C18H26N4OS/c1-4-20-18(21-10-11-23-16-6-5-9-19-13-16)22-14(2)12-17-8-7-15(3)24-17/h5-9,13-14H,4,10-12H2,1-3H3,(H2,20,21,22). The van der Waals surface area contributed by atoms with Crippen LogP contribution in [0.4, 0.5) is 0 Å². The maximum atomic E-state index is 5.61. The molecule has 2 aromatic heterocycles. The molecule has 2 rings (SSSR count). The lowest BCUT2D eigenvalue weighted by Crippen LogP contribution is -2.43. The van der Waals surface area contributed by atoms with Crippen LogP contribution in [0.2, 0.25) is 0 Å². The van der Waals surface area contributed by atoms with Crippen LogP contribution in [0.5, 0.6) is 5.75 Å². The molecule has 24 heavy (non-hydrogen) atoms. The van der Waals surface area contributed by atoms with Gasteiger partial charge in [0.2, 0.25) is 0 Å². The van der Waals surface area contributed by atoms with Crippen molar-refractivity contribution in [2.24, 2.45) is 4.99 Å². The van der Waals surface area contributed by atoms with E-state index in [9.17, 15) is 0 Å². The minimum absolute atomic E-state index is 0.320. The van der Waals surface area contributed by atoms with E-state index in [1.54, 1.807) is 12.4 Å². The Morgan fingerprint density at radius 1 is 1.38 bits per heavy atom. The molecule has 2 aromatic rings. The molecule has 1 atom stereocenters. The fourth-order valence-electron chi connectivity index (χ4n) is 2.25. The molecule has 130 valence electrons. The minimum Gasteiger partial charge on any atom is -0.490 e. The van der Waals surface area contributed by atoms with Gasteiger partial charge in [-0.25, -0.2) is 4.99 Å². The zero-order valence-electron chi connectivity index (χ0n) is 14.6. The summed E-state index contributed by atoms with van der Waals surface area (Å²) in [6.45, 7) is 8.33. The van der Waals surface area contributed by atoms with Crippen LogP contribution in [-0.4, -0.2) is 36.7 Å². The molecule has 0 saturated heterocycles. The molecule has 5 nitrogen and oxygen atoms in total. The van der Waals surface area contributed by atoms with Gasteiger partial charge in [-0.2, -0.15) is 0 Å². The van der Waals surface area contributed by atoms with Crippen LogP contribution in [-0.2, 0) is 6.42 Å². The number of aliphatic imine (C=N–C) groups is 1. The SMILES string of the molecule is CCNC(=NCCOc1cccnc1)NC(C)Cc1ccc(C)s1. The molecule has 0 aliphatic rings. The lowest BCUT2D eigenvalue weighted by atomic mass is 10.2. The Kier molecular flexibility index (Phi) is 7.55. The lowest BCUT2D eigenvalue weighted by molar-refractivity contribution is 0.327. The summed E-state index contributed by atoms with van der Waals surface area (Å²) in [5.41, 5.74) is 0. The van der Waals surface area contributed by atoms with Crippen molar-refractivity contribution in [3.05, 3.63) is 46.4 Å². The number of nitrogens with zero attached hydrogens (tertiary/aromatic N) is 2. The van der Waals surface area contributed by atoms with E-state index in [1.165, 1.54) is 9.75 Å². The van der Waals surface area contributed by atoms with Crippen LogP contribution in [0.1, 0.15) is 23.6 Å². The predicted molar refractivity (Wildman–Crippen MR) is 101 cm³/mol. The Morgan fingerprint density at radius 2 is 2.25 bits per heavy atom. The first-order valence-corrected chi connectivity index (χ1v) is 9.12. The van der Waals surface area contributed by atoms with Crippen LogP contribution in [0.15, 0.2) is 41.7 Å². The highest BCUT2D eigenvalue weighted by Crippen LogP contribution is 2.16. The topological polar surface area (TPSA) is 58.5 Å². The molecule has 6 heteroatoms. The Morgan fingerprint density at radius 3 is 2.92 bits per heavy atom. The number of guanidine groups is 1. The van der Waals surface area contributed by atoms with Gasteiger partial charge in [-0.05, 0) is 45.0 Å². The third kappa shape index (κ3) is 6.58. The van der Waals surface area contributed by atoms with Gasteiger partial charge < -0.3 is 15.4 Å². The summed E-state index contributed by atoms with van der Waals surface area (Å²) in [7, 11) is 0. The molecule has 0 aliphatic carbocycles. The van der Waals surface area contributed by atoms with Gasteiger partial charge in [0.05, 0.1) is 12.7 Å². The van der Waals surface area contributed by atoms with Gasteiger partial charge in [0.25, 0.3) is 0 Å². The molecule has 0 fully saturated rings. The molecule has 0 radical (unpaired) electrons. The van der Waals surface area contributed by atoms with Crippen molar-refractivity contribution in [2.45, 2.75) is 33.2 Å². The van der Waals surface area contributed by atoms with Gasteiger partial charge in [-0.15, -0.1) is 11.3 Å². The summed E-state index contributed by atoms with van der Waals surface area (Å²) in [4.78, 5) is 11.3. The number of hydrogen-bond donors (Lipinski definition) is 2. The quantitative estimate of drug-likeness (QED) is 0.438. The highest BCUT2D eigenvalue weighted by atomic mass is 32.1. The zero-order valence-corrected chi connectivity index (χ0v) is 15.4. The fraction of sp³-hybridized carbons (Fsp3) is 0.444.